The number of likely N-dealkylation sites (tertiary alicyclic amines) is 1. The van der Waals surface area contributed by atoms with Crippen LogP contribution in [0.3, 0.4) is 0 Å². The Bertz CT molecular complexity index is 775. The van der Waals surface area contributed by atoms with Crippen LogP contribution in [0.2, 0.25) is 0 Å². The van der Waals surface area contributed by atoms with Crippen LogP contribution in [-0.4, -0.2) is 69.7 Å². The molecule has 2 aromatic rings. The highest BCUT2D eigenvalue weighted by molar-refractivity contribution is 5.56. The molecule has 3 fully saturated rings. The van der Waals surface area contributed by atoms with E-state index in [4.69, 9.17) is 15.2 Å². The number of fused-ring (bicyclic) bond motifs is 1. The highest BCUT2D eigenvalue weighted by Gasteiger charge is 2.48. The van der Waals surface area contributed by atoms with E-state index >= 15 is 0 Å². The van der Waals surface area contributed by atoms with Crippen LogP contribution < -0.4 is 5.73 Å². The molecule has 3 aliphatic heterocycles. The molecule has 138 valence electrons. The Hall–Kier alpha value is -1.87. The van der Waals surface area contributed by atoms with Crippen LogP contribution in [0.5, 0.6) is 0 Å². The first-order chi connectivity index (χ1) is 12.8. The quantitative estimate of drug-likeness (QED) is 0.858. The summed E-state index contributed by atoms with van der Waals surface area (Å²) in [4.78, 5) is 2.49. The molecule has 8 nitrogen and oxygen atoms in total. The van der Waals surface area contributed by atoms with Gasteiger partial charge in [-0.15, -0.1) is 5.10 Å². The molecular weight excluding hydrogens is 332 g/mol. The lowest BCUT2D eigenvalue weighted by atomic mass is 10.1. The van der Waals surface area contributed by atoms with Gasteiger partial charge in [-0.25, -0.2) is 4.68 Å². The Morgan fingerprint density at radius 3 is 2.85 bits per heavy atom. The number of hydrogen-bond donors (Lipinski definition) is 1. The Kier molecular flexibility index (Phi) is 4.20. The molecule has 0 bridgehead atoms. The van der Waals surface area contributed by atoms with Crippen LogP contribution in [0.25, 0.3) is 11.4 Å². The highest BCUT2D eigenvalue weighted by atomic mass is 16.6. The molecule has 26 heavy (non-hydrogen) atoms. The van der Waals surface area contributed by atoms with Crippen molar-refractivity contribution in [1.82, 2.24) is 25.1 Å². The SMILES string of the molecule is N[C@H]1CO[C@H]2[C@@H]1OC[C@@H]2n1nnnc1-c1cccc(CN2CCCC2)c1. The molecule has 4 atom stereocenters. The van der Waals surface area contributed by atoms with Gasteiger partial charge in [0.25, 0.3) is 0 Å². The van der Waals surface area contributed by atoms with E-state index in [-0.39, 0.29) is 24.3 Å². The molecule has 0 amide bonds. The number of benzene rings is 1. The summed E-state index contributed by atoms with van der Waals surface area (Å²) in [6, 6.07) is 8.38. The van der Waals surface area contributed by atoms with Crippen molar-refractivity contribution in [3.05, 3.63) is 29.8 Å². The zero-order chi connectivity index (χ0) is 17.5. The van der Waals surface area contributed by atoms with Crippen molar-refractivity contribution >= 4 is 0 Å². The smallest absolute Gasteiger partial charge is 0.182 e. The van der Waals surface area contributed by atoms with Crippen molar-refractivity contribution in [3.63, 3.8) is 0 Å². The number of nitrogens with two attached hydrogens (primary N) is 1. The Morgan fingerprint density at radius 1 is 1.12 bits per heavy atom. The summed E-state index contributed by atoms with van der Waals surface area (Å²) in [7, 11) is 0. The lowest BCUT2D eigenvalue weighted by molar-refractivity contribution is 0.0629. The van der Waals surface area contributed by atoms with Gasteiger partial charge in [-0.05, 0) is 48.0 Å². The summed E-state index contributed by atoms with van der Waals surface area (Å²) in [5.41, 5.74) is 8.38. The molecule has 0 spiro atoms. The lowest BCUT2D eigenvalue weighted by Gasteiger charge is -2.18. The van der Waals surface area contributed by atoms with Crippen molar-refractivity contribution < 1.29 is 9.47 Å². The van der Waals surface area contributed by atoms with Crippen LogP contribution in [0.4, 0.5) is 0 Å². The molecule has 0 aliphatic carbocycles. The van der Waals surface area contributed by atoms with E-state index in [2.05, 4.69) is 44.7 Å². The molecule has 8 heteroatoms. The fourth-order valence-corrected chi connectivity index (χ4v) is 4.33. The molecule has 0 radical (unpaired) electrons. The molecule has 1 aromatic carbocycles. The first-order valence-electron chi connectivity index (χ1n) is 9.38. The normalized spacial score (nSPS) is 31.6. The van der Waals surface area contributed by atoms with E-state index in [9.17, 15) is 0 Å². The van der Waals surface area contributed by atoms with Crippen LogP contribution in [0.15, 0.2) is 24.3 Å². The fraction of sp³-hybridized carbons (Fsp3) is 0.611. The van der Waals surface area contributed by atoms with Crippen LogP contribution in [0.1, 0.15) is 24.4 Å². The predicted molar refractivity (Wildman–Crippen MR) is 94.3 cm³/mol. The van der Waals surface area contributed by atoms with Gasteiger partial charge in [0.1, 0.15) is 18.2 Å². The molecule has 5 rings (SSSR count). The molecule has 0 saturated carbocycles. The van der Waals surface area contributed by atoms with Gasteiger partial charge in [-0.3, -0.25) is 4.90 Å². The van der Waals surface area contributed by atoms with Crippen molar-refractivity contribution in [2.45, 2.75) is 43.7 Å². The number of tetrazole rings is 1. The van der Waals surface area contributed by atoms with E-state index in [0.717, 1.165) is 17.9 Å². The van der Waals surface area contributed by atoms with Crippen molar-refractivity contribution in [2.24, 2.45) is 5.73 Å². The zero-order valence-electron chi connectivity index (χ0n) is 14.7. The minimum absolute atomic E-state index is 0.0409. The van der Waals surface area contributed by atoms with Crippen molar-refractivity contribution in [1.29, 1.82) is 0 Å². The summed E-state index contributed by atoms with van der Waals surface area (Å²) < 4.78 is 13.6. The predicted octanol–water partition coefficient (Wildman–Crippen LogP) is 0.602. The van der Waals surface area contributed by atoms with Gasteiger partial charge in [0.2, 0.25) is 0 Å². The number of rotatable bonds is 4. The van der Waals surface area contributed by atoms with Crippen LogP contribution in [-0.2, 0) is 16.0 Å². The second kappa shape index (κ2) is 6.70. The fourth-order valence-electron chi connectivity index (χ4n) is 4.33. The summed E-state index contributed by atoms with van der Waals surface area (Å²) in [5.74, 6) is 0.756. The maximum atomic E-state index is 6.07. The summed E-state index contributed by atoms with van der Waals surface area (Å²) >= 11 is 0. The number of nitrogens with zero attached hydrogens (tertiary/aromatic N) is 5. The molecule has 2 N–H and O–H groups in total. The van der Waals surface area contributed by atoms with Crippen LogP contribution >= 0.6 is 0 Å². The molecule has 3 aliphatic rings. The third-order valence-electron chi connectivity index (χ3n) is 5.66. The third-order valence-corrected chi connectivity index (χ3v) is 5.66. The largest absolute Gasteiger partial charge is 0.371 e. The zero-order valence-corrected chi connectivity index (χ0v) is 14.7. The van der Waals surface area contributed by atoms with Gasteiger partial charge in [-0.2, -0.15) is 0 Å². The third kappa shape index (κ3) is 2.83. The van der Waals surface area contributed by atoms with E-state index in [1.165, 1.54) is 31.5 Å². The van der Waals surface area contributed by atoms with E-state index in [1.54, 1.807) is 0 Å². The standard InChI is InChI=1S/C18H24N6O2/c19-14-10-25-17-15(11-26-16(14)17)24-18(20-21-22-24)13-5-3-4-12(8-13)9-23-6-1-2-7-23/h3-5,8,14-17H,1-2,6-7,9-11,19H2/t14-,15-,16+,17+/m0/s1. The average molecular weight is 356 g/mol. The molecular formula is C18H24N6O2. The summed E-state index contributed by atoms with van der Waals surface area (Å²) in [6.45, 7) is 4.39. The topological polar surface area (TPSA) is 91.3 Å². The van der Waals surface area contributed by atoms with E-state index in [0.29, 0.717) is 13.2 Å². The molecule has 0 unspecified atom stereocenters. The van der Waals surface area contributed by atoms with Gasteiger partial charge in [0.15, 0.2) is 5.82 Å². The van der Waals surface area contributed by atoms with Gasteiger partial charge >= 0.3 is 0 Å². The minimum Gasteiger partial charge on any atom is -0.371 e. The number of ether oxygens (including phenoxy) is 2. The maximum Gasteiger partial charge on any atom is 0.182 e. The first-order valence-corrected chi connectivity index (χ1v) is 9.38. The van der Waals surface area contributed by atoms with E-state index < -0.39 is 0 Å². The monoisotopic (exact) mass is 356 g/mol. The van der Waals surface area contributed by atoms with Gasteiger partial charge in [0, 0.05) is 12.1 Å². The Labute approximate surface area is 152 Å². The minimum atomic E-state index is -0.0833. The van der Waals surface area contributed by atoms with Gasteiger partial charge in [0.05, 0.1) is 19.3 Å². The average Bonchev–Trinajstić information content (AvgIpc) is 3.41. The summed E-state index contributed by atoms with van der Waals surface area (Å²) in [6.07, 6.45) is 2.44. The maximum absolute atomic E-state index is 6.07. The van der Waals surface area contributed by atoms with Crippen LogP contribution in [0, 0.1) is 0 Å². The second-order valence-corrected chi connectivity index (χ2v) is 7.46. The van der Waals surface area contributed by atoms with Crippen molar-refractivity contribution in [3.8, 4) is 11.4 Å². The van der Waals surface area contributed by atoms with E-state index in [1.807, 2.05) is 4.68 Å². The number of hydrogen-bond acceptors (Lipinski definition) is 7. The highest BCUT2D eigenvalue weighted by Crippen LogP contribution is 2.35. The first kappa shape index (κ1) is 16.3. The Morgan fingerprint density at radius 2 is 1.96 bits per heavy atom. The second-order valence-electron chi connectivity index (χ2n) is 7.46. The molecule has 3 saturated heterocycles. The summed E-state index contributed by atoms with van der Waals surface area (Å²) in [5, 5.41) is 12.4. The van der Waals surface area contributed by atoms with Crippen molar-refractivity contribution in [2.75, 3.05) is 26.3 Å². The Balaban J connectivity index is 1.41. The lowest BCUT2D eigenvalue weighted by Crippen LogP contribution is -2.36. The molecule has 4 heterocycles. The van der Waals surface area contributed by atoms with Gasteiger partial charge < -0.3 is 15.2 Å². The van der Waals surface area contributed by atoms with Gasteiger partial charge in [-0.1, -0.05) is 18.2 Å². The molecule has 1 aromatic heterocycles. The number of aromatic nitrogens is 4.